The highest BCUT2D eigenvalue weighted by Crippen LogP contribution is 2.11. The number of alkyl halides is 1. The van der Waals surface area contributed by atoms with Crippen molar-refractivity contribution in [1.82, 2.24) is 0 Å². The molecular formula is C18H33ClO2. The van der Waals surface area contributed by atoms with Gasteiger partial charge in [-0.25, -0.2) is 0 Å². The summed E-state index contributed by atoms with van der Waals surface area (Å²) in [5.41, 5.74) is 0. The Hall–Kier alpha value is -0.500. The molecule has 0 spiro atoms. The lowest BCUT2D eigenvalue weighted by Gasteiger charge is -2.03. The van der Waals surface area contributed by atoms with Gasteiger partial charge in [-0.15, -0.1) is 11.6 Å². The van der Waals surface area contributed by atoms with Crippen molar-refractivity contribution in [3.63, 3.8) is 0 Å². The van der Waals surface area contributed by atoms with E-state index in [0.29, 0.717) is 6.61 Å². The molecule has 124 valence electrons. The number of hydrogen-bond donors (Lipinski definition) is 0. The molecule has 0 aliphatic rings. The average molecular weight is 317 g/mol. The van der Waals surface area contributed by atoms with Crippen molar-refractivity contribution in [2.75, 3.05) is 12.5 Å². The van der Waals surface area contributed by atoms with Crippen molar-refractivity contribution >= 4 is 17.6 Å². The number of ether oxygens (including phenoxy) is 1. The average Bonchev–Trinajstić information content (AvgIpc) is 2.46. The molecule has 0 atom stereocenters. The highest BCUT2D eigenvalue weighted by atomic mass is 35.5. The van der Waals surface area contributed by atoms with Gasteiger partial charge in [-0.05, 0) is 25.7 Å². The van der Waals surface area contributed by atoms with Gasteiger partial charge in [-0.3, -0.25) is 4.79 Å². The maximum Gasteiger partial charge on any atom is 0.302 e. The largest absolute Gasteiger partial charge is 0.466 e. The minimum Gasteiger partial charge on any atom is -0.466 e. The van der Waals surface area contributed by atoms with Crippen LogP contribution >= 0.6 is 11.6 Å². The molecular weight excluding hydrogens is 284 g/mol. The molecule has 3 heteroatoms. The predicted octanol–water partition coefficient (Wildman–Crippen LogP) is 6.03. The molecule has 0 amide bonds. The van der Waals surface area contributed by atoms with Gasteiger partial charge >= 0.3 is 5.97 Å². The second kappa shape index (κ2) is 17.6. The van der Waals surface area contributed by atoms with Crippen LogP contribution in [0.5, 0.6) is 0 Å². The maximum atomic E-state index is 10.6. The number of allylic oxidation sites excluding steroid dienone is 2. The molecule has 0 unspecified atom stereocenters. The molecule has 0 saturated heterocycles. The lowest BCUT2D eigenvalue weighted by molar-refractivity contribution is -0.141. The van der Waals surface area contributed by atoms with Gasteiger partial charge in [0, 0.05) is 12.8 Å². The number of unbranched alkanes of at least 4 members (excludes halogenated alkanes) is 10. The summed E-state index contributed by atoms with van der Waals surface area (Å²) in [6.07, 6.45) is 19.6. The Balaban J connectivity index is 3.01. The van der Waals surface area contributed by atoms with E-state index >= 15 is 0 Å². The minimum absolute atomic E-state index is 0.162. The number of carbonyl (C=O) groups excluding carboxylic acids is 1. The Morgan fingerprint density at radius 2 is 1.29 bits per heavy atom. The van der Waals surface area contributed by atoms with Gasteiger partial charge in [-0.2, -0.15) is 0 Å². The summed E-state index contributed by atoms with van der Waals surface area (Å²) in [5.74, 6) is 0.574. The van der Waals surface area contributed by atoms with E-state index in [0.717, 1.165) is 18.7 Å². The smallest absolute Gasteiger partial charge is 0.302 e. The fraction of sp³-hybridized carbons (Fsp3) is 0.833. The zero-order valence-corrected chi connectivity index (χ0v) is 14.5. The van der Waals surface area contributed by atoms with Crippen LogP contribution in [0.2, 0.25) is 0 Å². The van der Waals surface area contributed by atoms with Crippen LogP contribution < -0.4 is 0 Å². The fourth-order valence-corrected chi connectivity index (χ4v) is 2.42. The summed E-state index contributed by atoms with van der Waals surface area (Å²) >= 11 is 5.60. The number of esters is 1. The number of carbonyl (C=O) groups is 1. The van der Waals surface area contributed by atoms with E-state index in [4.69, 9.17) is 16.3 Å². The highest BCUT2D eigenvalue weighted by molar-refractivity contribution is 6.17. The zero-order valence-electron chi connectivity index (χ0n) is 13.7. The van der Waals surface area contributed by atoms with Crippen molar-refractivity contribution in [3.05, 3.63) is 12.2 Å². The van der Waals surface area contributed by atoms with Crippen molar-refractivity contribution < 1.29 is 9.53 Å². The summed E-state index contributed by atoms with van der Waals surface area (Å²) in [4.78, 5) is 10.6. The van der Waals surface area contributed by atoms with Crippen LogP contribution in [0.25, 0.3) is 0 Å². The summed E-state index contributed by atoms with van der Waals surface area (Å²) in [5, 5.41) is 0. The Morgan fingerprint density at radius 1 is 0.810 bits per heavy atom. The van der Waals surface area contributed by atoms with E-state index in [1.54, 1.807) is 0 Å². The Morgan fingerprint density at radius 3 is 1.81 bits per heavy atom. The van der Waals surface area contributed by atoms with Gasteiger partial charge < -0.3 is 4.74 Å². The molecule has 0 N–H and O–H groups in total. The van der Waals surface area contributed by atoms with E-state index in [1.807, 2.05) is 0 Å². The second-order valence-corrected chi connectivity index (χ2v) is 5.99. The normalized spacial score (nSPS) is 11.1. The number of hydrogen-bond acceptors (Lipinski definition) is 2. The maximum absolute atomic E-state index is 10.6. The van der Waals surface area contributed by atoms with Gasteiger partial charge in [0.15, 0.2) is 0 Å². The molecule has 21 heavy (non-hydrogen) atoms. The van der Waals surface area contributed by atoms with E-state index < -0.39 is 0 Å². The zero-order chi connectivity index (χ0) is 15.6. The van der Waals surface area contributed by atoms with Gasteiger partial charge in [0.1, 0.15) is 0 Å². The van der Waals surface area contributed by atoms with Crippen LogP contribution in [0.3, 0.4) is 0 Å². The van der Waals surface area contributed by atoms with Crippen molar-refractivity contribution in [2.45, 2.75) is 84.0 Å². The minimum atomic E-state index is -0.162. The number of rotatable bonds is 15. The third kappa shape index (κ3) is 19.5. The molecule has 0 aliphatic carbocycles. The molecule has 0 heterocycles. The Kier molecular flexibility index (Phi) is 17.1. The first-order chi connectivity index (χ1) is 10.3. The lowest BCUT2D eigenvalue weighted by atomic mass is 10.1. The van der Waals surface area contributed by atoms with E-state index in [2.05, 4.69) is 12.2 Å². The summed E-state index contributed by atoms with van der Waals surface area (Å²) < 4.78 is 4.91. The quantitative estimate of drug-likeness (QED) is 0.160. The Bertz CT molecular complexity index is 252. The SMILES string of the molecule is CC(=O)OCCCCCCCCCCCC/C=C\CCCl. The molecule has 0 aromatic rings. The molecule has 0 radical (unpaired) electrons. The monoisotopic (exact) mass is 316 g/mol. The number of halogens is 1. The van der Waals surface area contributed by atoms with E-state index in [-0.39, 0.29) is 5.97 Å². The lowest BCUT2D eigenvalue weighted by Crippen LogP contribution is -2.00. The summed E-state index contributed by atoms with van der Waals surface area (Å²) in [6.45, 7) is 2.06. The molecule has 0 rings (SSSR count). The van der Waals surface area contributed by atoms with Crippen molar-refractivity contribution in [3.8, 4) is 0 Å². The van der Waals surface area contributed by atoms with E-state index in [9.17, 15) is 4.79 Å². The second-order valence-electron chi connectivity index (χ2n) is 5.61. The third-order valence-corrected chi connectivity index (χ3v) is 3.73. The summed E-state index contributed by atoms with van der Waals surface area (Å²) in [7, 11) is 0. The first kappa shape index (κ1) is 20.5. The highest BCUT2D eigenvalue weighted by Gasteiger charge is 1.95. The van der Waals surface area contributed by atoms with Crippen LogP contribution in [0.1, 0.15) is 84.0 Å². The fourth-order valence-electron chi connectivity index (χ4n) is 2.29. The Labute approximate surface area is 136 Å². The van der Waals surface area contributed by atoms with Gasteiger partial charge in [0.2, 0.25) is 0 Å². The first-order valence-electron chi connectivity index (χ1n) is 8.61. The van der Waals surface area contributed by atoms with Gasteiger partial charge in [0.25, 0.3) is 0 Å². The van der Waals surface area contributed by atoms with Crippen LogP contribution in [-0.4, -0.2) is 18.5 Å². The van der Waals surface area contributed by atoms with Crippen molar-refractivity contribution in [1.29, 1.82) is 0 Å². The van der Waals surface area contributed by atoms with Crippen LogP contribution in [0.15, 0.2) is 12.2 Å². The molecule has 0 aromatic heterocycles. The summed E-state index contributed by atoms with van der Waals surface area (Å²) in [6, 6.07) is 0. The van der Waals surface area contributed by atoms with Crippen LogP contribution in [0, 0.1) is 0 Å². The van der Waals surface area contributed by atoms with Gasteiger partial charge in [0.05, 0.1) is 6.61 Å². The topological polar surface area (TPSA) is 26.3 Å². The molecule has 0 fully saturated rings. The van der Waals surface area contributed by atoms with Crippen LogP contribution in [0.4, 0.5) is 0 Å². The predicted molar refractivity (Wildman–Crippen MR) is 91.9 cm³/mol. The van der Waals surface area contributed by atoms with Gasteiger partial charge in [-0.1, -0.05) is 63.5 Å². The molecule has 2 nitrogen and oxygen atoms in total. The first-order valence-corrected chi connectivity index (χ1v) is 9.15. The third-order valence-electron chi connectivity index (χ3n) is 3.51. The standard InChI is InChI=1S/C18H33ClO2/c1-18(20)21-17-15-13-11-9-7-5-3-2-4-6-8-10-12-14-16-19/h10,12H,2-9,11,13-17H2,1H3/b12-10-. The van der Waals surface area contributed by atoms with Crippen LogP contribution in [-0.2, 0) is 9.53 Å². The molecule has 0 aliphatic heterocycles. The molecule has 0 saturated carbocycles. The van der Waals surface area contributed by atoms with Crippen molar-refractivity contribution in [2.24, 2.45) is 0 Å². The molecule has 0 aromatic carbocycles. The molecule has 0 bridgehead atoms. The van der Waals surface area contributed by atoms with E-state index in [1.165, 1.54) is 71.1 Å².